The summed E-state index contributed by atoms with van der Waals surface area (Å²) in [5.41, 5.74) is 6.16. The predicted molar refractivity (Wildman–Crippen MR) is 175 cm³/mol. The van der Waals surface area contributed by atoms with Gasteiger partial charge in [0.05, 0.1) is 18.8 Å². The fraction of sp³-hybridized carbons (Fsp3) is 0.944. The first-order valence-corrected chi connectivity index (χ1v) is 17.9. The SMILES string of the molecule is CCCCCCCC/C=C\CCCCCCCCOCC(N)C(O)CCCCCCCCCCCCCCC. The molecule has 3 N–H and O–H groups in total. The summed E-state index contributed by atoms with van der Waals surface area (Å²) in [6.07, 6.45) is 41.3. The van der Waals surface area contributed by atoms with Crippen LogP contribution in [0.4, 0.5) is 0 Å². The Bertz CT molecular complexity index is 467. The second kappa shape index (κ2) is 33.8. The zero-order chi connectivity index (χ0) is 28.5. The summed E-state index contributed by atoms with van der Waals surface area (Å²) in [5.74, 6) is 0. The van der Waals surface area contributed by atoms with Gasteiger partial charge < -0.3 is 15.6 Å². The Labute approximate surface area is 246 Å². The first-order valence-electron chi connectivity index (χ1n) is 17.9. The minimum absolute atomic E-state index is 0.239. The number of rotatable bonds is 33. The average molecular weight is 552 g/mol. The predicted octanol–water partition coefficient (Wildman–Crippen LogP) is 11.2. The molecule has 2 unspecified atom stereocenters. The maximum Gasteiger partial charge on any atom is 0.0713 e. The fourth-order valence-electron chi connectivity index (χ4n) is 5.37. The van der Waals surface area contributed by atoms with Crippen molar-refractivity contribution in [3.05, 3.63) is 12.2 Å². The van der Waals surface area contributed by atoms with Crippen LogP contribution in [0.15, 0.2) is 12.2 Å². The summed E-state index contributed by atoms with van der Waals surface area (Å²) < 4.78 is 5.76. The molecule has 0 saturated heterocycles. The van der Waals surface area contributed by atoms with Crippen molar-refractivity contribution in [3.63, 3.8) is 0 Å². The van der Waals surface area contributed by atoms with Gasteiger partial charge in [-0.2, -0.15) is 0 Å². The third-order valence-electron chi connectivity index (χ3n) is 8.21. The molecule has 0 rings (SSSR count). The van der Waals surface area contributed by atoms with E-state index in [1.807, 2.05) is 0 Å². The van der Waals surface area contributed by atoms with E-state index in [0.717, 1.165) is 25.9 Å². The van der Waals surface area contributed by atoms with E-state index in [1.54, 1.807) is 0 Å². The average Bonchev–Trinajstić information content (AvgIpc) is 2.94. The van der Waals surface area contributed by atoms with Crippen molar-refractivity contribution in [1.29, 1.82) is 0 Å². The topological polar surface area (TPSA) is 55.5 Å². The van der Waals surface area contributed by atoms with Gasteiger partial charge in [-0.3, -0.25) is 0 Å². The van der Waals surface area contributed by atoms with Crippen molar-refractivity contribution in [2.24, 2.45) is 5.73 Å². The molecule has 0 aromatic heterocycles. The lowest BCUT2D eigenvalue weighted by molar-refractivity contribution is 0.0560. The van der Waals surface area contributed by atoms with E-state index in [9.17, 15) is 5.11 Å². The second-order valence-corrected chi connectivity index (χ2v) is 12.3. The molecule has 0 aromatic carbocycles. The Morgan fingerprint density at radius 1 is 0.513 bits per heavy atom. The summed E-state index contributed by atoms with van der Waals surface area (Å²) >= 11 is 0. The minimum Gasteiger partial charge on any atom is -0.391 e. The number of hydrogen-bond acceptors (Lipinski definition) is 3. The van der Waals surface area contributed by atoms with E-state index in [2.05, 4.69) is 26.0 Å². The van der Waals surface area contributed by atoms with Gasteiger partial charge in [0.15, 0.2) is 0 Å². The van der Waals surface area contributed by atoms with E-state index >= 15 is 0 Å². The molecular weight excluding hydrogens is 478 g/mol. The maximum atomic E-state index is 10.3. The molecule has 0 aliphatic rings. The molecule has 0 aliphatic carbocycles. The first-order chi connectivity index (χ1) is 19.2. The number of unbranched alkanes of at least 4 members (excludes halogenated alkanes) is 24. The van der Waals surface area contributed by atoms with Gasteiger partial charge in [0, 0.05) is 6.61 Å². The highest BCUT2D eigenvalue weighted by molar-refractivity contribution is 4.81. The number of allylic oxidation sites excluding steroid dienone is 2. The molecule has 234 valence electrons. The van der Waals surface area contributed by atoms with Crippen LogP contribution in [-0.2, 0) is 4.74 Å². The molecule has 2 atom stereocenters. The highest BCUT2D eigenvalue weighted by Gasteiger charge is 2.14. The molecule has 0 fully saturated rings. The van der Waals surface area contributed by atoms with Gasteiger partial charge in [0.1, 0.15) is 0 Å². The Morgan fingerprint density at radius 2 is 0.872 bits per heavy atom. The molecule has 39 heavy (non-hydrogen) atoms. The Morgan fingerprint density at radius 3 is 1.31 bits per heavy atom. The second-order valence-electron chi connectivity index (χ2n) is 12.3. The van der Waals surface area contributed by atoms with Crippen LogP contribution in [0.2, 0.25) is 0 Å². The first kappa shape index (κ1) is 38.6. The Kier molecular flexibility index (Phi) is 33.5. The van der Waals surface area contributed by atoms with Gasteiger partial charge in [-0.15, -0.1) is 0 Å². The number of aliphatic hydroxyl groups is 1. The lowest BCUT2D eigenvalue weighted by atomic mass is 10.0. The zero-order valence-corrected chi connectivity index (χ0v) is 27.0. The van der Waals surface area contributed by atoms with E-state index in [0.29, 0.717) is 6.61 Å². The van der Waals surface area contributed by atoms with Gasteiger partial charge in [-0.05, 0) is 38.5 Å². The molecule has 3 nitrogen and oxygen atoms in total. The van der Waals surface area contributed by atoms with Crippen molar-refractivity contribution in [2.45, 2.75) is 206 Å². The molecule has 3 heteroatoms. The third-order valence-corrected chi connectivity index (χ3v) is 8.21. The number of aliphatic hydroxyl groups excluding tert-OH is 1. The zero-order valence-electron chi connectivity index (χ0n) is 27.0. The molecule has 0 aliphatic heterocycles. The molecule has 0 heterocycles. The van der Waals surface area contributed by atoms with Crippen molar-refractivity contribution in [3.8, 4) is 0 Å². The molecule has 0 saturated carbocycles. The van der Waals surface area contributed by atoms with Crippen LogP contribution in [0.5, 0.6) is 0 Å². The van der Waals surface area contributed by atoms with Crippen LogP contribution in [-0.4, -0.2) is 30.5 Å². The van der Waals surface area contributed by atoms with Crippen LogP contribution >= 0.6 is 0 Å². The van der Waals surface area contributed by atoms with Crippen molar-refractivity contribution >= 4 is 0 Å². The van der Waals surface area contributed by atoms with Crippen LogP contribution < -0.4 is 5.73 Å². The summed E-state index contributed by atoms with van der Waals surface area (Å²) in [5, 5.41) is 10.3. The van der Waals surface area contributed by atoms with Gasteiger partial charge in [-0.1, -0.05) is 167 Å². The monoisotopic (exact) mass is 552 g/mol. The lowest BCUT2D eigenvalue weighted by Crippen LogP contribution is -2.38. The van der Waals surface area contributed by atoms with Crippen molar-refractivity contribution in [1.82, 2.24) is 0 Å². The molecule has 0 aromatic rings. The van der Waals surface area contributed by atoms with Gasteiger partial charge >= 0.3 is 0 Å². The smallest absolute Gasteiger partial charge is 0.0713 e. The summed E-state index contributed by atoms with van der Waals surface area (Å²) in [6, 6.07) is -0.239. The standard InChI is InChI=1S/C36H73NO2/c1-3-5-7-9-11-13-15-17-18-19-21-23-25-27-29-31-33-39-34-35(37)36(38)32-30-28-26-24-22-20-16-14-12-10-8-6-4-2/h17-18,35-36,38H,3-16,19-34,37H2,1-2H3/b18-17-. The summed E-state index contributed by atoms with van der Waals surface area (Å²) in [7, 11) is 0. The van der Waals surface area contributed by atoms with E-state index in [-0.39, 0.29) is 6.04 Å². The van der Waals surface area contributed by atoms with Crippen LogP contribution in [0, 0.1) is 0 Å². The van der Waals surface area contributed by atoms with E-state index in [4.69, 9.17) is 10.5 Å². The van der Waals surface area contributed by atoms with Gasteiger partial charge in [-0.25, -0.2) is 0 Å². The number of ether oxygens (including phenoxy) is 1. The highest BCUT2D eigenvalue weighted by Crippen LogP contribution is 2.14. The van der Waals surface area contributed by atoms with Crippen LogP contribution in [0.25, 0.3) is 0 Å². The number of hydrogen-bond donors (Lipinski definition) is 2. The lowest BCUT2D eigenvalue weighted by Gasteiger charge is -2.18. The van der Waals surface area contributed by atoms with E-state index < -0.39 is 6.10 Å². The largest absolute Gasteiger partial charge is 0.391 e. The molecule has 0 bridgehead atoms. The quantitative estimate of drug-likeness (QED) is 0.0630. The Balaban J connectivity index is 3.30. The molecule has 0 spiro atoms. The summed E-state index contributed by atoms with van der Waals surface area (Å²) in [6.45, 7) is 5.83. The van der Waals surface area contributed by atoms with E-state index in [1.165, 1.54) is 161 Å². The normalized spacial score (nSPS) is 13.4. The van der Waals surface area contributed by atoms with Crippen molar-refractivity contribution < 1.29 is 9.84 Å². The third kappa shape index (κ3) is 32.0. The maximum absolute atomic E-state index is 10.3. The molecule has 0 amide bonds. The Hall–Kier alpha value is -0.380. The highest BCUT2D eigenvalue weighted by atomic mass is 16.5. The molecular formula is C36H73NO2. The number of nitrogens with two attached hydrogens (primary N) is 1. The molecule has 0 radical (unpaired) electrons. The van der Waals surface area contributed by atoms with Gasteiger partial charge in [0.25, 0.3) is 0 Å². The minimum atomic E-state index is -0.419. The van der Waals surface area contributed by atoms with Gasteiger partial charge in [0.2, 0.25) is 0 Å². The summed E-state index contributed by atoms with van der Waals surface area (Å²) in [4.78, 5) is 0. The van der Waals surface area contributed by atoms with Crippen molar-refractivity contribution in [2.75, 3.05) is 13.2 Å². The fourth-order valence-corrected chi connectivity index (χ4v) is 5.37. The van der Waals surface area contributed by atoms with Crippen LogP contribution in [0.1, 0.15) is 194 Å². The van der Waals surface area contributed by atoms with Crippen LogP contribution in [0.3, 0.4) is 0 Å².